The van der Waals surface area contributed by atoms with Crippen molar-refractivity contribution < 1.29 is 19.5 Å². The second-order valence-electron chi connectivity index (χ2n) is 2.98. The lowest BCUT2D eigenvalue weighted by Crippen LogP contribution is -2.30. The minimum Gasteiger partial charge on any atom is -0.475 e. The maximum Gasteiger partial charge on any atom is 0.380 e. The number of carboxylic acids is 1. The van der Waals surface area contributed by atoms with Crippen molar-refractivity contribution >= 4 is 17.5 Å². The summed E-state index contributed by atoms with van der Waals surface area (Å²) in [4.78, 5) is 32.1. The Kier molecular flexibility index (Phi) is 2.95. The van der Waals surface area contributed by atoms with Gasteiger partial charge in [0.2, 0.25) is 5.78 Å². The Morgan fingerprint density at radius 1 is 1.23 bits per heavy atom. The van der Waals surface area contributed by atoms with Crippen molar-refractivity contribution in [2.75, 3.05) is 0 Å². The van der Waals surface area contributed by atoms with E-state index in [1.165, 1.54) is 0 Å². The molecule has 0 heterocycles. The lowest BCUT2D eigenvalue weighted by molar-refractivity contribution is -0.154. The van der Waals surface area contributed by atoms with Crippen molar-refractivity contribution in [2.24, 2.45) is 5.92 Å². The smallest absolute Gasteiger partial charge is 0.380 e. The molecule has 4 heteroatoms. The van der Waals surface area contributed by atoms with Crippen molar-refractivity contribution in [1.29, 1.82) is 0 Å². The van der Waals surface area contributed by atoms with E-state index >= 15 is 0 Å². The molecule has 1 aliphatic carbocycles. The predicted molar refractivity (Wildman–Crippen MR) is 44.1 cm³/mol. The highest BCUT2D eigenvalue weighted by Gasteiger charge is 2.29. The average Bonchev–Trinajstić information content (AvgIpc) is 2.17. The van der Waals surface area contributed by atoms with Crippen LogP contribution in [0.15, 0.2) is 12.2 Å². The molecule has 0 aromatic carbocycles. The van der Waals surface area contributed by atoms with Gasteiger partial charge < -0.3 is 5.11 Å². The summed E-state index contributed by atoms with van der Waals surface area (Å²) in [6.07, 6.45) is 5.53. The number of hydrogen-bond acceptors (Lipinski definition) is 3. The zero-order valence-electron chi connectivity index (χ0n) is 7.03. The molecule has 0 saturated heterocycles. The van der Waals surface area contributed by atoms with Gasteiger partial charge in [-0.1, -0.05) is 12.2 Å². The summed E-state index contributed by atoms with van der Waals surface area (Å²) in [5.74, 6) is -4.13. The van der Waals surface area contributed by atoms with Crippen LogP contribution in [0.2, 0.25) is 0 Å². The highest BCUT2D eigenvalue weighted by molar-refractivity contribution is 6.62. The zero-order valence-corrected chi connectivity index (χ0v) is 7.03. The minimum atomic E-state index is -1.65. The molecule has 0 radical (unpaired) electrons. The van der Waals surface area contributed by atoms with Gasteiger partial charge in [-0.15, -0.1) is 0 Å². The predicted octanol–water partition coefficient (Wildman–Crippen LogP) is 0.566. The Morgan fingerprint density at radius 3 is 2.38 bits per heavy atom. The fourth-order valence-corrected chi connectivity index (χ4v) is 1.32. The first kappa shape index (κ1) is 9.64. The Labute approximate surface area is 75.2 Å². The van der Waals surface area contributed by atoms with E-state index in [0.29, 0.717) is 12.8 Å². The first-order chi connectivity index (χ1) is 6.13. The van der Waals surface area contributed by atoms with E-state index in [2.05, 4.69) is 0 Å². The molecule has 1 atom stereocenters. The van der Waals surface area contributed by atoms with Crippen molar-refractivity contribution in [3.63, 3.8) is 0 Å². The zero-order chi connectivity index (χ0) is 9.84. The molecule has 4 nitrogen and oxygen atoms in total. The number of aliphatic carboxylic acids is 1. The fraction of sp³-hybridized carbons (Fsp3) is 0.444. The number of carbonyl (C=O) groups excluding carboxylic acids is 2. The summed E-state index contributed by atoms with van der Waals surface area (Å²) >= 11 is 0. The molecule has 1 unspecified atom stereocenters. The van der Waals surface area contributed by atoms with Crippen molar-refractivity contribution in [3.05, 3.63) is 12.2 Å². The van der Waals surface area contributed by atoms with E-state index < -0.39 is 23.5 Å². The normalized spacial score (nSPS) is 21.1. The van der Waals surface area contributed by atoms with Crippen LogP contribution in [0.3, 0.4) is 0 Å². The summed E-state index contributed by atoms with van der Waals surface area (Å²) in [5, 5.41) is 8.29. The third-order valence-electron chi connectivity index (χ3n) is 2.06. The summed E-state index contributed by atoms with van der Waals surface area (Å²) < 4.78 is 0. The molecule has 0 saturated carbocycles. The lowest BCUT2D eigenvalue weighted by atomic mass is 9.89. The van der Waals surface area contributed by atoms with Crippen molar-refractivity contribution in [2.45, 2.75) is 19.3 Å². The molecule has 0 aliphatic heterocycles. The lowest BCUT2D eigenvalue weighted by Gasteiger charge is -2.13. The number of hydrogen-bond donors (Lipinski definition) is 1. The van der Waals surface area contributed by atoms with Crippen LogP contribution in [-0.4, -0.2) is 22.6 Å². The van der Waals surface area contributed by atoms with E-state index in [0.717, 1.165) is 6.42 Å². The first-order valence-corrected chi connectivity index (χ1v) is 4.09. The van der Waals surface area contributed by atoms with E-state index in [-0.39, 0.29) is 0 Å². The molecule has 70 valence electrons. The monoisotopic (exact) mass is 182 g/mol. The molecule has 1 rings (SSSR count). The number of carboxylic acid groups (broad SMARTS) is 1. The third kappa shape index (κ3) is 2.24. The molecular formula is C9H10O4. The Balaban J connectivity index is 2.62. The maximum atomic E-state index is 11.2. The van der Waals surface area contributed by atoms with Gasteiger partial charge in [0.15, 0.2) is 0 Å². The molecule has 1 aliphatic rings. The number of allylic oxidation sites excluding steroid dienone is 2. The number of ketones is 2. The molecule has 1 N–H and O–H groups in total. The molecule has 0 aromatic heterocycles. The van der Waals surface area contributed by atoms with Crippen LogP contribution in [0, 0.1) is 5.92 Å². The first-order valence-electron chi connectivity index (χ1n) is 4.09. The van der Waals surface area contributed by atoms with Crippen LogP contribution in [-0.2, 0) is 14.4 Å². The Hall–Kier alpha value is -1.45. The fourth-order valence-electron chi connectivity index (χ4n) is 1.32. The van der Waals surface area contributed by atoms with Crippen molar-refractivity contribution in [3.8, 4) is 0 Å². The van der Waals surface area contributed by atoms with E-state index in [9.17, 15) is 14.4 Å². The van der Waals surface area contributed by atoms with Gasteiger partial charge in [-0.25, -0.2) is 4.79 Å². The molecular weight excluding hydrogens is 172 g/mol. The van der Waals surface area contributed by atoms with Crippen LogP contribution >= 0.6 is 0 Å². The Bertz CT molecular complexity index is 277. The van der Waals surface area contributed by atoms with Gasteiger partial charge in [0, 0.05) is 5.92 Å². The summed E-state index contributed by atoms with van der Waals surface area (Å²) in [6, 6.07) is 0. The second-order valence-corrected chi connectivity index (χ2v) is 2.98. The van der Waals surface area contributed by atoms with Crippen LogP contribution in [0.25, 0.3) is 0 Å². The van der Waals surface area contributed by atoms with E-state index in [1.54, 1.807) is 6.08 Å². The molecule has 0 aromatic rings. The second kappa shape index (κ2) is 3.98. The van der Waals surface area contributed by atoms with Gasteiger partial charge in [0.05, 0.1) is 0 Å². The van der Waals surface area contributed by atoms with Gasteiger partial charge in [-0.2, -0.15) is 0 Å². The Morgan fingerprint density at radius 2 is 1.92 bits per heavy atom. The third-order valence-corrected chi connectivity index (χ3v) is 2.06. The standard InChI is InChI=1S/C9H10O4/c10-7(8(11)9(12)13)6-4-2-1-3-5-6/h1-2,6H,3-5H2,(H,12,13). The van der Waals surface area contributed by atoms with Gasteiger partial charge in [0.25, 0.3) is 0 Å². The van der Waals surface area contributed by atoms with Gasteiger partial charge in [-0.3, -0.25) is 9.59 Å². The largest absolute Gasteiger partial charge is 0.475 e. The van der Waals surface area contributed by atoms with Gasteiger partial charge in [-0.05, 0) is 19.3 Å². The van der Waals surface area contributed by atoms with Gasteiger partial charge in [0.1, 0.15) is 0 Å². The van der Waals surface area contributed by atoms with E-state index in [1.807, 2.05) is 6.08 Å². The van der Waals surface area contributed by atoms with Crippen LogP contribution in [0.1, 0.15) is 19.3 Å². The number of carbonyl (C=O) groups is 3. The molecule has 0 fully saturated rings. The average molecular weight is 182 g/mol. The van der Waals surface area contributed by atoms with Gasteiger partial charge >= 0.3 is 11.8 Å². The highest BCUT2D eigenvalue weighted by Crippen LogP contribution is 2.19. The number of Topliss-reactive ketones (excluding diaryl/α,β-unsaturated/α-hetero) is 2. The quantitative estimate of drug-likeness (QED) is 0.393. The topological polar surface area (TPSA) is 71.4 Å². The summed E-state index contributed by atoms with van der Waals surface area (Å²) in [5.41, 5.74) is 0. The summed E-state index contributed by atoms with van der Waals surface area (Å²) in [7, 11) is 0. The molecule has 0 amide bonds. The highest BCUT2D eigenvalue weighted by atomic mass is 16.4. The molecule has 13 heavy (non-hydrogen) atoms. The van der Waals surface area contributed by atoms with Crippen LogP contribution in [0.4, 0.5) is 0 Å². The molecule has 0 bridgehead atoms. The summed E-state index contributed by atoms with van der Waals surface area (Å²) in [6.45, 7) is 0. The van der Waals surface area contributed by atoms with Crippen LogP contribution in [0.5, 0.6) is 0 Å². The molecule has 0 spiro atoms. The minimum absolute atomic E-state index is 0.423. The SMILES string of the molecule is O=C(O)C(=O)C(=O)C1CC=CCC1. The van der Waals surface area contributed by atoms with Crippen molar-refractivity contribution in [1.82, 2.24) is 0 Å². The number of rotatable bonds is 3. The van der Waals surface area contributed by atoms with Crippen LogP contribution < -0.4 is 0 Å². The maximum absolute atomic E-state index is 11.2. The van der Waals surface area contributed by atoms with E-state index in [4.69, 9.17) is 5.11 Å².